The molecule has 1 N–H and O–H groups in total. The zero-order valence-corrected chi connectivity index (χ0v) is 18.4. The van der Waals surface area contributed by atoms with Crippen LogP contribution in [-0.2, 0) is 16.1 Å². The molecule has 2 aliphatic carbocycles. The maximum atomic E-state index is 13.2. The predicted molar refractivity (Wildman–Crippen MR) is 114 cm³/mol. The van der Waals surface area contributed by atoms with E-state index in [0.29, 0.717) is 35.9 Å². The van der Waals surface area contributed by atoms with Gasteiger partial charge in [0.15, 0.2) is 11.3 Å². The van der Waals surface area contributed by atoms with Crippen molar-refractivity contribution in [3.8, 4) is 0 Å². The van der Waals surface area contributed by atoms with Crippen molar-refractivity contribution in [3.05, 3.63) is 29.5 Å². The smallest absolute Gasteiger partial charge is 0.274 e. The molecule has 3 unspecified atom stereocenters. The summed E-state index contributed by atoms with van der Waals surface area (Å²) in [4.78, 5) is 22.2. The molecule has 0 saturated heterocycles. The largest absolute Gasteiger partial charge is 0.378 e. The number of aryl methyl sites for hydroxylation is 1. The number of carbonyl (C=O) groups is 1. The van der Waals surface area contributed by atoms with E-state index in [9.17, 15) is 4.79 Å². The fourth-order valence-corrected chi connectivity index (χ4v) is 5.24. The highest BCUT2D eigenvalue weighted by molar-refractivity contribution is 5.98. The molecule has 0 radical (unpaired) electrons. The molecule has 0 spiro atoms. The molecule has 164 valence electrons. The number of aromatic nitrogens is 3. The van der Waals surface area contributed by atoms with Crippen LogP contribution in [0.3, 0.4) is 0 Å². The molecule has 0 aromatic carbocycles. The first-order chi connectivity index (χ1) is 14.6. The van der Waals surface area contributed by atoms with Crippen molar-refractivity contribution in [3.63, 3.8) is 0 Å². The molecule has 7 nitrogen and oxygen atoms in total. The molecule has 1 amide bonds. The van der Waals surface area contributed by atoms with Crippen LogP contribution in [0.2, 0.25) is 0 Å². The van der Waals surface area contributed by atoms with Crippen LogP contribution in [0.25, 0.3) is 5.65 Å². The number of hydrogen-bond donors (Lipinski definition) is 1. The fraction of sp³-hybridized carbons (Fsp3) is 0.696. The Morgan fingerprint density at radius 2 is 2.07 bits per heavy atom. The Morgan fingerprint density at radius 3 is 2.77 bits per heavy atom. The van der Waals surface area contributed by atoms with E-state index in [1.807, 2.05) is 17.4 Å². The molecule has 2 aliphatic rings. The summed E-state index contributed by atoms with van der Waals surface area (Å²) in [6.07, 6.45) is 9.97. The van der Waals surface area contributed by atoms with E-state index in [4.69, 9.17) is 9.47 Å². The number of rotatable bonds is 8. The van der Waals surface area contributed by atoms with E-state index in [2.05, 4.69) is 22.2 Å². The Kier molecular flexibility index (Phi) is 6.68. The number of ether oxygens (including phenoxy) is 2. The van der Waals surface area contributed by atoms with Crippen molar-refractivity contribution in [1.29, 1.82) is 0 Å². The summed E-state index contributed by atoms with van der Waals surface area (Å²) < 4.78 is 13.2. The van der Waals surface area contributed by atoms with Gasteiger partial charge in [0.1, 0.15) is 6.33 Å². The van der Waals surface area contributed by atoms with Gasteiger partial charge in [-0.2, -0.15) is 0 Å². The first-order valence-corrected chi connectivity index (χ1v) is 11.4. The Labute approximate surface area is 178 Å². The molecular weight excluding hydrogens is 380 g/mol. The van der Waals surface area contributed by atoms with E-state index in [1.54, 1.807) is 13.4 Å². The van der Waals surface area contributed by atoms with Crippen molar-refractivity contribution in [1.82, 2.24) is 19.7 Å². The third kappa shape index (κ3) is 4.37. The fourth-order valence-electron chi connectivity index (χ4n) is 5.24. The molecule has 2 aromatic rings. The van der Waals surface area contributed by atoms with E-state index >= 15 is 0 Å². The zero-order valence-electron chi connectivity index (χ0n) is 18.4. The molecule has 0 aliphatic heterocycles. The van der Waals surface area contributed by atoms with Gasteiger partial charge in [0, 0.05) is 25.5 Å². The minimum Gasteiger partial charge on any atom is -0.378 e. The minimum atomic E-state index is -0.119. The second-order valence-electron chi connectivity index (χ2n) is 8.88. The third-order valence-corrected chi connectivity index (χ3v) is 6.70. The lowest BCUT2D eigenvalue weighted by molar-refractivity contribution is -0.0329. The summed E-state index contributed by atoms with van der Waals surface area (Å²) in [7, 11) is 1.65. The number of methoxy groups -OCH3 is 1. The van der Waals surface area contributed by atoms with Crippen LogP contribution in [0.4, 0.5) is 0 Å². The van der Waals surface area contributed by atoms with Crippen molar-refractivity contribution >= 4 is 11.6 Å². The predicted octanol–water partition coefficient (Wildman–Crippen LogP) is 3.68. The highest BCUT2D eigenvalue weighted by Crippen LogP contribution is 2.41. The summed E-state index contributed by atoms with van der Waals surface area (Å²) in [6, 6.07) is 2.17. The van der Waals surface area contributed by atoms with Crippen LogP contribution >= 0.6 is 0 Å². The molecule has 2 fully saturated rings. The number of imidazole rings is 1. The van der Waals surface area contributed by atoms with Gasteiger partial charge in [0.2, 0.25) is 0 Å². The quantitative estimate of drug-likeness (QED) is 0.667. The monoisotopic (exact) mass is 414 g/mol. The van der Waals surface area contributed by atoms with Crippen LogP contribution in [-0.4, -0.2) is 46.1 Å². The summed E-state index contributed by atoms with van der Waals surface area (Å²) in [5.74, 6) is 0.854. The van der Waals surface area contributed by atoms with E-state index in [1.165, 1.54) is 6.42 Å². The number of unbranched alkanes of at least 4 members (excludes halogenated alkanes) is 1. The number of fused-ring (bicyclic) bond motifs is 3. The molecule has 2 bridgehead atoms. The molecule has 4 rings (SSSR count). The second-order valence-corrected chi connectivity index (χ2v) is 8.88. The van der Waals surface area contributed by atoms with Gasteiger partial charge in [-0.05, 0) is 56.9 Å². The van der Waals surface area contributed by atoms with Gasteiger partial charge in [-0.25, -0.2) is 9.97 Å². The van der Waals surface area contributed by atoms with Crippen LogP contribution < -0.4 is 5.32 Å². The third-order valence-electron chi connectivity index (χ3n) is 6.70. The molecule has 4 atom stereocenters. The van der Waals surface area contributed by atoms with Gasteiger partial charge in [-0.15, -0.1) is 0 Å². The van der Waals surface area contributed by atoms with Crippen molar-refractivity contribution < 1.29 is 14.3 Å². The molecule has 7 heteroatoms. The van der Waals surface area contributed by atoms with Gasteiger partial charge in [-0.3, -0.25) is 9.20 Å². The van der Waals surface area contributed by atoms with Gasteiger partial charge < -0.3 is 14.8 Å². The standard InChI is InChI=1S/C23H34N4O3/c1-4-5-9-30-19-11-16-7-6-8-17(12-19)20(16)26-23(28)21-22-25-18(13-29-3)10-15(2)27(22)14-24-21/h10,14,16-17,19-20H,4-9,11-13H2,1-3H3,(H,26,28)/t16-,17?,19?,20?/m1/s1. The second kappa shape index (κ2) is 9.43. The Bertz CT molecular complexity index is 867. The highest BCUT2D eigenvalue weighted by Gasteiger charge is 2.41. The number of amides is 1. The van der Waals surface area contributed by atoms with E-state index in [-0.39, 0.29) is 11.9 Å². The number of nitrogens with one attached hydrogen (secondary N) is 1. The van der Waals surface area contributed by atoms with Crippen molar-refractivity contribution in [2.45, 2.75) is 77.5 Å². The van der Waals surface area contributed by atoms with E-state index in [0.717, 1.165) is 56.5 Å². The normalized spacial score (nSPS) is 26.1. The van der Waals surface area contributed by atoms with Crippen LogP contribution in [0, 0.1) is 18.8 Å². The maximum Gasteiger partial charge on any atom is 0.274 e. The average Bonchev–Trinajstić information content (AvgIpc) is 3.13. The summed E-state index contributed by atoms with van der Waals surface area (Å²) in [5.41, 5.74) is 2.79. The first-order valence-electron chi connectivity index (χ1n) is 11.4. The summed E-state index contributed by atoms with van der Waals surface area (Å²) >= 11 is 0. The molecule has 2 heterocycles. The average molecular weight is 415 g/mol. The Hall–Kier alpha value is -1.99. The van der Waals surface area contributed by atoms with Gasteiger partial charge in [-0.1, -0.05) is 19.8 Å². The topological polar surface area (TPSA) is 77.8 Å². The SMILES string of the molecule is CCCCOC1CC2CCC[C@H](C1)C2NC(=O)c1ncn2c(C)cc(COC)nc12. The van der Waals surface area contributed by atoms with Crippen LogP contribution in [0.1, 0.15) is 73.7 Å². The van der Waals surface area contributed by atoms with Crippen LogP contribution in [0.5, 0.6) is 0 Å². The minimum absolute atomic E-state index is 0.119. The zero-order chi connectivity index (χ0) is 21.1. The number of nitrogens with zero attached hydrogens (tertiary/aromatic N) is 3. The first kappa shape index (κ1) is 21.2. The molecule has 2 aromatic heterocycles. The number of hydrogen-bond acceptors (Lipinski definition) is 5. The Balaban J connectivity index is 1.49. The van der Waals surface area contributed by atoms with Crippen LogP contribution in [0.15, 0.2) is 12.4 Å². The highest BCUT2D eigenvalue weighted by atomic mass is 16.5. The Morgan fingerprint density at radius 1 is 1.30 bits per heavy atom. The van der Waals surface area contributed by atoms with Gasteiger partial charge in [0.05, 0.1) is 18.4 Å². The van der Waals surface area contributed by atoms with Crippen molar-refractivity contribution in [2.75, 3.05) is 13.7 Å². The molecular formula is C23H34N4O3. The van der Waals surface area contributed by atoms with E-state index < -0.39 is 0 Å². The maximum absolute atomic E-state index is 13.2. The molecule has 2 saturated carbocycles. The lowest BCUT2D eigenvalue weighted by atomic mass is 9.67. The van der Waals surface area contributed by atoms with Crippen molar-refractivity contribution in [2.24, 2.45) is 11.8 Å². The van der Waals surface area contributed by atoms with Gasteiger partial charge >= 0.3 is 0 Å². The number of carbonyl (C=O) groups excluding carboxylic acids is 1. The summed E-state index contributed by atoms with van der Waals surface area (Å²) in [6.45, 7) is 5.45. The van der Waals surface area contributed by atoms with Gasteiger partial charge in [0.25, 0.3) is 5.91 Å². The lowest BCUT2D eigenvalue weighted by Crippen LogP contribution is -2.52. The molecule has 30 heavy (non-hydrogen) atoms. The lowest BCUT2D eigenvalue weighted by Gasteiger charge is -2.45. The summed E-state index contributed by atoms with van der Waals surface area (Å²) in [5, 5.41) is 3.33.